The molecule has 1 saturated heterocycles. The summed E-state index contributed by atoms with van der Waals surface area (Å²) in [6, 6.07) is 13.3. The topological polar surface area (TPSA) is 70.4 Å². The van der Waals surface area contributed by atoms with Gasteiger partial charge in [0.25, 0.3) is 5.91 Å². The molecule has 1 atom stereocenters. The highest BCUT2D eigenvalue weighted by molar-refractivity contribution is 5.91. The Bertz CT molecular complexity index is 1120. The molecular weight excluding hydrogens is 395 g/mol. The number of para-hydroxylation sites is 1. The molecule has 0 saturated carbocycles. The number of hydroxylamine groups is 1. The normalized spacial score (nSPS) is 17.6. The molecule has 2 heterocycles. The second-order valence-electron chi connectivity index (χ2n) is 8.23. The smallest absolute Gasteiger partial charge is 0.267 e. The van der Waals surface area contributed by atoms with Crippen molar-refractivity contribution in [3.8, 4) is 11.4 Å². The number of piperidine rings is 1. The number of hydrogen-bond acceptors (Lipinski definition) is 4. The monoisotopic (exact) mass is 422 g/mol. The summed E-state index contributed by atoms with van der Waals surface area (Å²) in [6.07, 6.45) is 4.96. The number of imidazole rings is 1. The second kappa shape index (κ2) is 8.99. The summed E-state index contributed by atoms with van der Waals surface area (Å²) >= 11 is 0. The van der Waals surface area contributed by atoms with Crippen LogP contribution >= 0.6 is 0 Å². The molecule has 0 spiro atoms. The molecule has 1 amide bonds. The summed E-state index contributed by atoms with van der Waals surface area (Å²) in [5, 5.41) is 8.69. The number of aromatic nitrogens is 2. The van der Waals surface area contributed by atoms with Gasteiger partial charge in [-0.25, -0.2) is 14.9 Å². The molecule has 2 aromatic carbocycles. The summed E-state index contributed by atoms with van der Waals surface area (Å²) < 4.78 is 16.8. The molecule has 2 N–H and O–H groups in total. The molecule has 1 fully saturated rings. The number of hydrogen-bond donors (Lipinski definition) is 2. The Morgan fingerprint density at radius 1 is 1.29 bits per heavy atom. The first-order valence-corrected chi connectivity index (χ1v) is 10.6. The molecule has 6 nitrogen and oxygen atoms in total. The van der Waals surface area contributed by atoms with Crippen LogP contribution in [0.5, 0.6) is 0 Å². The van der Waals surface area contributed by atoms with E-state index in [1.807, 2.05) is 30.3 Å². The second-order valence-corrected chi connectivity index (χ2v) is 8.23. The van der Waals surface area contributed by atoms with E-state index in [4.69, 9.17) is 10.2 Å². The number of fused-ring (bicyclic) bond motifs is 1. The number of likely N-dealkylation sites (tertiary alicyclic amines) is 1. The molecule has 0 radical (unpaired) electrons. The predicted molar refractivity (Wildman–Crippen MR) is 119 cm³/mol. The van der Waals surface area contributed by atoms with Crippen LogP contribution in [0.3, 0.4) is 0 Å². The number of carbonyl (C=O) groups is 1. The Hall–Kier alpha value is -3.03. The summed E-state index contributed by atoms with van der Waals surface area (Å²) in [4.78, 5) is 18.5. The minimum Gasteiger partial charge on any atom is -0.319 e. The van der Waals surface area contributed by atoms with Gasteiger partial charge in [-0.3, -0.25) is 14.9 Å². The van der Waals surface area contributed by atoms with E-state index in [2.05, 4.69) is 23.3 Å². The van der Waals surface area contributed by atoms with Crippen LogP contribution in [0.1, 0.15) is 38.3 Å². The van der Waals surface area contributed by atoms with Gasteiger partial charge in [0.2, 0.25) is 0 Å². The minimum atomic E-state index is -0.601. The Kier molecular flexibility index (Phi) is 6.15. The van der Waals surface area contributed by atoms with Crippen molar-refractivity contribution in [3.05, 3.63) is 59.9 Å². The molecule has 4 rings (SSSR count). The Balaban J connectivity index is 1.81. The van der Waals surface area contributed by atoms with E-state index < -0.39 is 5.91 Å². The van der Waals surface area contributed by atoms with Gasteiger partial charge in [0.05, 0.1) is 5.52 Å². The van der Waals surface area contributed by atoms with Crippen molar-refractivity contribution >= 4 is 23.0 Å². The van der Waals surface area contributed by atoms with Gasteiger partial charge in [0, 0.05) is 30.3 Å². The third-order valence-electron chi connectivity index (χ3n) is 5.88. The molecule has 1 aromatic heterocycles. The van der Waals surface area contributed by atoms with Crippen LogP contribution in [0.15, 0.2) is 48.5 Å². The third kappa shape index (κ3) is 4.38. The SMILES string of the molecule is CC(C)N1CCCC(n2c(-c3cccc(C=CC(=O)NO)c3)nc3c(F)cccc32)C1. The fourth-order valence-corrected chi connectivity index (χ4v) is 4.31. The summed E-state index contributed by atoms with van der Waals surface area (Å²) in [5.74, 6) is -0.210. The lowest BCUT2D eigenvalue weighted by Crippen LogP contribution is -2.40. The summed E-state index contributed by atoms with van der Waals surface area (Å²) in [7, 11) is 0. The molecule has 3 aromatic rings. The zero-order valence-electron chi connectivity index (χ0n) is 17.8. The van der Waals surface area contributed by atoms with E-state index in [1.165, 1.54) is 12.1 Å². The lowest BCUT2D eigenvalue weighted by atomic mass is 10.0. The number of nitrogens with zero attached hydrogens (tertiary/aromatic N) is 3. The molecular formula is C24H27FN4O2. The average molecular weight is 423 g/mol. The van der Waals surface area contributed by atoms with Crippen molar-refractivity contribution in [1.82, 2.24) is 19.9 Å². The van der Waals surface area contributed by atoms with Gasteiger partial charge in [-0.2, -0.15) is 0 Å². The molecule has 0 aliphatic carbocycles. The Labute approximate surface area is 181 Å². The van der Waals surface area contributed by atoms with Crippen LogP contribution in [0.4, 0.5) is 4.39 Å². The zero-order valence-corrected chi connectivity index (χ0v) is 17.8. The van der Waals surface area contributed by atoms with Crippen molar-refractivity contribution in [2.24, 2.45) is 0 Å². The Morgan fingerprint density at radius 2 is 2.10 bits per heavy atom. The van der Waals surface area contributed by atoms with Crippen molar-refractivity contribution in [2.75, 3.05) is 13.1 Å². The molecule has 0 bridgehead atoms. The van der Waals surface area contributed by atoms with E-state index in [0.29, 0.717) is 11.6 Å². The van der Waals surface area contributed by atoms with Gasteiger partial charge in [0.15, 0.2) is 5.82 Å². The number of benzene rings is 2. The number of nitrogens with one attached hydrogen (secondary N) is 1. The Morgan fingerprint density at radius 3 is 2.87 bits per heavy atom. The van der Waals surface area contributed by atoms with Gasteiger partial charge in [-0.1, -0.05) is 24.3 Å². The zero-order chi connectivity index (χ0) is 22.0. The highest BCUT2D eigenvalue weighted by atomic mass is 19.1. The van der Waals surface area contributed by atoms with Gasteiger partial charge < -0.3 is 4.57 Å². The fraction of sp³-hybridized carbons (Fsp3) is 0.333. The minimum absolute atomic E-state index is 0.192. The first kappa shape index (κ1) is 21.2. The van der Waals surface area contributed by atoms with Crippen molar-refractivity contribution in [3.63, 3.8) is 0 Å². The van der Waals surface area contributed by atoms with Crippen LogP contribution in [-0.4, -0.2) is 44.7 Å². The average Bonchev–Trinajstić information content (AvgIpc) is 3.19. The van der Waals surface area contributed by atoms with Gasteiger partial charge >= 0.3 is 0 Å². The fourth-order valence-electron chi connectivity index (χ4n) is 4.31. The molecule has 1 aliphatic heterocycles. The van der Waals surface area contributed by atoms with Crippen LogP contribution in [0.25, 0.3) is 28.5 Å². The van der Waals surface area contributed by atoms with Crippen LogP contribution in [-0.2, 0) is 4.79 Å². The predicted octanol–water partition coefficient (Wildman–Crippen LogP) is 4.41. The lowest BCUT2D eigenvalue weighted by Gasteiger charge is -2.36. The van der Waals surface area contributed by atoms with E-state index >= 15 is 0 Å². The van der Waals surface area contributed by atoms with E-state index in [0.717, 1.165) is 48.4 Å². The van der Waals surface area contributed by atoms with Crippen LogP contribution < -0.4 is 5.48 Å². The summed E-state index contributed by atoms with van der Waals surface area (Å²) in [5.41, 5.74) is 4.39. The highest BCUT2D eigenvalue weighted by Gasteiger charge is 2.27. The maximum absolute atomic E-state index is 14.6. The van der Waals surface area contributed by atoms with E-state index in [1.54, 1.807) is 17.6 Å². The highest BCUT2D eigenvalue weighted by Crippen LogP contribution is 2.34. The molecule has 7 heteroatoms. The lowest BCUT2D eigenvalue weighted by molar-refractivity contribution is -0.124. The number of halogens is 1. The van der Waals surface area contributed by atoms with E-state index in [-0.39, 0.29) is 11.9 Å². The van der Waals surface area contributed by atoms with Gasteiger partial charge in [-0.15, -0.1) is 0 Å². The summed E-state index contributed by atoms with van der Waals surface area (Å²) in [6.45, 7) is 6.36. The maximum Gasteiger partial charge on any atom is 0.267 e. The number of rotatable bonds is 5. The van der Waals surface area contributed by atoms with Crippen molar-refractivity contribution < 1.29 is 14.4 Å². The number of carbonyl (C=O) groups excluding carboxylic acids is 1. The number of amides is 1. The maximum atomic E-state index is 14.6. The first-order valence-electron chi connectivity index (χ1n) is 10.6. The quantitative estimate of drug-likeness (QED) is 0.363. The molecule has 1 unspecified atom stereocenters. The standard InChI is InChI=1S/C24H27FN4O2/c1-16(2)28-13-5-8-19(15-28)29-21-10-4-9-20(25)23(21)26-24(29)18-7-3-6-17(14-18)11-12-22(30)27-31/h3-4,6-7,9-12,14,16,19,31H,5,8,13,15H2,1-2H3,(H,27,30). The van der Waals surface area contributed by atoms with E-state index in [9.17, 15) is 9.18 Å². The van der Waals surface area contributed by atoms with Crippen molar-refractivity contribution in [2.45, 2.75) is 38.8 Å². The van der Waals surface area contributed by atoms with Crippen LogP contribution in [0, 0.1) is 5.82 Å². The molecule has 31 heavy (non-hydrogen) atoms. The van der Waals surface area contributed by atoms with Crippen LogP contribution in [0.2, 0.25) is 0 Å². The molecule has 1 aliphatic rings. The third-order valence-corrected chi connectivity index (χ3v) is 5.88. The van der Waals surface area contributed by atoms with Crippen molar-refractivity contribution in [1.29, 1.82) is 0 Å². The molecule has 162 valence electrons. The van der Waals surface area contributed by atoms with Gasteiger partial charge in [-0.05, 0) is 63.1 Å². The largest absolute Gasteiger partial charge is 0.319 e. The van der Waals surface area contributed by atoms with Gasteiger partial charge in [0.1, 0.15) is 11.3 Å². The first-order chi connectivity index (χ1) is 15.0.